The maximum Gasteiger partial charge on any atom is 0.280 e. The molecule has 5 heteroatoms. The van der Waals surface area contributed by atoms with Gasteiger partial charge in [0, 0.05) is 6.07 Å². The number of hydrogen-bond acceptors (Lipinski definition) is 4. The van der Waals surface area contributed by atoms with Gasteiger partial charge in [-0.05, 0) is 30.7 Å². The molecule has 0 unspecified atom stereocenters. The molecule has 0 aliphatic carbocycles. The molecule has 0 spiro atoms. The van der Waals surface area contributed by atoms with E-state index in [0.29, 0.717) is 11.3 Å². The van der Waals surface area contributed by atoms with Crippen LogP contribution in [0.4, 0.5) is 5.69 Å². The van der Waals surface area contributed by atoms with E-state index in [9.17, 15) is 10.1 Å². The van der Waals surface area contributed by atoms with Gasteiger partial charge in [0.2, 0.25) is 5.76 Å². The van der Waals surface area contributed by atoms with Crippen molar-refractivity contribution >= 4 is 5.69 Å². The Morgan fingerprint density at radius 3 is 2.71 bits per heavy atom. The van der Waals surface area contributed by atoms with E-state index < -0.39 is 4.92 Å². The maximum absolute atomic E-state index is 10.9. The number of aryl methyl sites for hydroxylation is 1. The first-order valence-corrected chi connectivity index (χ1v) is 4.87. The van der Waals surface area contributed by atoms with Crippen LogP contribution in [0.1, 0.15) is 11.3 Å². The maximum atomic E-state index is 10.9. The Kier molecular flexibility index (Phi) is 2.63. The molecule has 1 aromatic carbocycles. The number of benzene rings is 1. The highest BCUT2D eigenvalue weighted by Crippen LogP contribution is 2.31. The number of rotatable bonds is 2. The topological polar surface area (TPSA) is 80.1 Å². The van der Waals surface area contributed by atoms with Gasteiger partial charge >= 0.3 is 0 Å². The fourth-order valence-corrected chi connectivity index (χ4v) is 1.54. The molecule has 0 aliphatic heterocycles. The Morgan fingerprint density at radius 2 is 2.12 bits per heavy atom. The van der Waals surface area contributed by atoms with Crippen molar-refractivity contribution < 1.29 is 9.34 Å². The number of nitrogens with zero attached hydrogens (tertiary/aromatic N) is 2. The Hall–Kier alpha value is -2.61. The minimum absolute atomic E-state index is 0.0242. The molecule has 5 nitrogen and oxygen atoms in total. The lowest BCUT2D eigenvalue weighted by Gasteiger charge is -2.00. The molecular weight excluding hydrogens is 220 g/mol. The van der Waals surface area contributed by atoms with Gasteiger partial charge in [-0.3, -0.25) is 10.1 Å². The first-order valence-electron chi connectivity index (χ1n) is 4.87. The molecule has 17 heavy (non-hydrogen) atoms. The summed E-state index contributed by atoms with van der Waals surface area (Å²) in [6, 6.07) is 9.73. The van der Waals surface area contributed by atoms with Crippen molar-refractivity contribution in [2.75, 3.05) is 0 Å². The fourth-order valence-electron chi connectivity index (χ4n) is 1.54. The minimum Gasteiger partial charge on any atom is -0.445 e. The second kappa shape index (κ2) is 4.10. The van der Waals surface area contributed by atoms with E-state index in [1.165, 1.54) is 12.1 Å². The van der Waals surface area contributed by atoms with E-state index in [-0.39, 0.29) is 11.4 Å². The Balaban J connectivity index is 2.59. The van der Waals surface area contributed by atoms with Gasteiger partial charge in [0.25, 0.3) is 5.69 Å². The smallest absolute Gasteiger partial charge is 0.280 e. The molecule has 2 aromatic rings. The standard InChI is InChI=1S/C12H8N2O3/c1-8-2-4-10(11(6-8)14(15)16)12-5-3-9(7-13)17-12/h2-6H,1H3. The van der Waals surface area contributed by atoms with Crippen LogP contribution in [0.25, 0.3) is 11.3 Å². The van der Waals surface area contributed by atoms with Gasteiger partial charge in [0.05, 0.1) is 10.5 Å². The van der Waals surface area contributed by atoms with E-state index in [1.54, 1.807) is 25.1 Å². The average Bonchev–Trinajstić information content (AvgIpc) is 2.77. The zero-order valence-electron chi connectivity index (χ0n) is 9.01. The van der Waals surface area contributed by atoms with Crippen molar-refractivity contribution in [1.82, 2.24) is 0 Å². The molecule has 1 aromatic heterocycles. The highest BCUT2D eigenvalue weighted by Gasteiger charge is 2.18. The van der Waals surface area contributed by atoms with Gasteiger partial charge in [-0.2, -0.15) is 5.26 Å². The Morgan fingerprint density at radius 1 is 1.35 bits per heavy atom. The van der Waals surface area contributed by atoms with E-state index in [2.05, 4.69) is 0 Å². The largest absolute Gasteiger partial charge is 0.445 e. The number of nitro benzene ring substituents is 1. The van der Waals surface area contributed by atoms with E-state index >= 15 is 0 Å². The van der Waals surface area contributed by atoms with E-state index in [1.807, 2.05) is 6.07 Å². The lowest BCUT2D eigenvalue weighted by atomic mass is 10.1. The molecule has 0 saturated carbocycles. The van der Waals surface area contributed by atoms with E-state index in [4.69, 9.17) is 9.68 Å². The monoisotopic (exact) mass is 228 g/mol. The van der Waals surface area contributed by atoms with Gasteiger partial charge in [0.1, 0.15) is 11.8 Å². The third-order valence-electron chi connectivity index (χ3n) is 2.33. The predicted octanol–water partition coefficient (Wildman–Crippen LogP) is 3.03. The molecule has 84 valence electrons. The zero-order chi connectivity index (χ0) is 12.4. The van der Waals surface area contributed by atoms with Gasteiger partial charge < -0.3 is 4.42 Å². The highest BCUT2D eigenvalue weighted by molar-refractivity contribution is 5.70. The first kappa shape index (κ1) is 10.9. The molecule has 0 N–H and O–H groups in total. The molecule has 0 radical (unpaired) electrons. The average molecular weight is 228 g/mol. The second-order valence-electron chi connectivity index (χ2n) is 3.55. The van der Waals surface area contributed by atoms with Gasteiger partial charge in [-0.15, -0.1) is 0 Å². The molecule has 0 fully saturated rings. The Labute approximate surface area is 97.1 Å². The van der Waals surface area contributed by atoms with Crippen molar-refractivity contribution in [2.45, 2.75) is 6.92 Å². The van der Waals surface area contributed by atoms with Crippen LogP contribution >= 0.6 is 0 Å². The van der Waals surface area contributed by atoms with Crippen LogP contribution in [-0.4, -0.2) is 4.92 Å². The van der Waals surface area contributed by atoms with Gasteiger partial charge in [0.15, 0.2) is 0 Å². The van der Waals surface area contributed by atoms with Crippen molar-refractivity contribution in [3.05, 3.63) is 51.8 Å². The highest BCUT2D eigenvalue weighted by atomic mass is 16.6. The van der Waals surface area contributed by atoms with Crippen molar-refractivity contribution in [3.8, 4) is 17.4 Å². The molecule has 2 rings (SSSR count). The van der Waals surface area contributed by atoms with Crippen LogP contribution in [0.15, 0.2) is 34.7 Å². The number of hydrogen-bond donors (Lipinski definition) is 0. The molecule has 0 aliphatic rings. The molecule has 0 amide bonds. The SMILES string of the molecule is Cc1ccc(-c2ccc(C#N)o2)c([N+](=O)[O-])c1. The quantitative estimate of drug-likeness (QED) is 0.584. The van der Waals surface area contributed by atoms with Crippen LogP contribution in [-0.2, 0) is 0 Å². The second-order valence-corrected chi connectivity index (χ2v) is 3.55. The summed E-state index contributed by atoms with van der Waals surface area (Å²) in [4.78, 5) is 10.5. The van der Waals surface area contributed by atoms with Crippen molar-refractivity contribution in [2.24, 2.45) is 0 Å². The van der Waals surface area contributed by atoms with E-state index in [0.717, 1.165) is 5.56 Å². The third kappa shape index (κ3) is 2.01. The lowest BCUT2D eigenvalue weighted by Crippen LogP contribution is -1.92. The normalized spacial score (nSPS) is 9.88. The van der Waals surface area contributed by atoms with Crippen molar-refractivity contribution in [1.29, 1.82) is 5.26 Å². The minimum atomic E-state index is -0.461. The van der Waals surface area contributed by atoms with Gasteiger partial charge in [-0.25, -0.2) is 0 Å². The first-order chi connectivity index (χ1) is 8.11. The summed E-state index contributed by atoms with van der Waals surface area (Å²) in [7, 11) is 0. The molecule has 0 bridgehead atoms. The number of nitro groups is 1. The molecular formula is C12H8N2O3. The summed E-state index contributed by atoms with van der Waals surface area (Å²) in [5.74, 6) is 0.461. The van der Waals surface area contributed by atoms with Crippen LogP contribution in [0.5, 0.6) is 0 Å². The molecule has 1 heterocycles. The fraction of sp³-hybridized carbons (Fsp3) is 0.0833. The van der Waals surface area contributed by atoms with Crippen LogP contribution in [0.3, 0.4) is 0 Å². The predicted molar refractivity (Wildman–Crippen MR) is 60.3 cm³/mol. The number of furan rings is 1. The summed E-state index contributed by atoms with van der Waals surface area (Å²) < 4.78 is 5.18. The zero-order valence-corrected chi connectivity index (χ0v) is 9.01. The Bertz CT molecular complexity index is 623. The molecule has 0 saturated heterocycles. The third-order valence-corrected chi connectivity index (χ3v) is 2.33. The summed E-state index contributed by atoms with van der Waals surface area (Å²) >= 11 is 0. The summed E-state index contributed by atoms with van der Waals surface area (Å²) in [6.45, 7) is 1.78. The number of nitriles is 1. The van der Waals surface area contributed by atoms with Crippen molar-refractivity contribution in [3.63, 3.8) is 0 Å². The van der Waals surface area contributed by atoms with Crippen LogP contribution < -0.4 is 0 Å². The molecule has 0 atom stereocenters. The van der Waals surface area contributed by atoms with Crippen LogP contribution in [0.2, 0.25) is 0 Å². The summed E-state index contributed by atoms with van der Waals surface area (Å²) in [5, 5.41) is 19.6. The lowest BCUT2D eigenvalue weighted by molar-refractivity contribution is -0.384. The summed E-state index contributed by atoms with van der Waals surface area (Å²) in [6.07, 6.45) is 0. The van der Waals surface area contributed by atoms with Gasteiger partial charge in [-0.1, -0.05) is 6.07 Å². The summed E-state index contributed by atoms with van der Waals surface area (Å²) in [5.41, 5.74) is 1.15. The van der Waals surface area contributed by atoms with Crippen LogP contribution in [0, 0.1) is 28.4 Å².